The Hall–Kier alpha value is -0.670. The van der Waals surface area contributed by atoms with E-state index >= 15 is 0 Å². The Balaban J connectivity index is 4.30. The number of hydrogen-bond donors (Lipinski definition) is 0. The Morgan fingerprint density at radius 2 is 1.93 bits per heavy atom. The molecule has 0 aromatic heterocycles. The maximum absolute atomic E-state index is 12.2. The van der Waals surface area contributed by atoms with Gasteiger partial charge in [0.15, 0.2) is 0 Å². The molecule has 4 heteroatoms. The van der Waals surface area contributed by atoms with E-state index < -0.39 is 12.3 Å². The molecule has 1 atom stereocenters. The van der Waals surface area contributed by atoms with Crippen molar-refractivity contribution in [3.05, 3.63) is 0 Å². The summed E-state index contributed by atoms with van der Waals surface area (Å²) in [6.07, 6.45) is -0.477. The summed E-state index contributed by atoms with van der Waals surface area (Å²) in [4.78, 5) is 12.4. The van der Waals surface area contributed by atoms with Crippen molar-refractivity contribution < 1.29 is 13.6 Å². The molecule has 84 valence electrons. The lowest BCUT2D eigenvalue weighted by atomic mass is 10.2. The molecular weight excluding hydrogens is 188 g/mol. The molecule has 0 spiro atoms. The summed E-state index contributed by atoms with van der Waals surface area (Å²) in [5.41, 5.74) is 0. The van der Waals surface area contributed by atoms with Crippen LogP contribution < -0.4 is 0 Å². The topological polar surface area (TPSA) is 20.3 Å². The number of unbranched alkanes of at least 4 members (excludes halogenated alkanes) is 1. The molecule has 1 unspecified atom stereocenters. The highest BCUT2D eigenvalue weighted by Gasteiger charge is 2.25. The highest BCUT2D eigenvalue weighted by Crippen LogP contribution is 2.10. The van der Waals surface area contributed by atoms with Gasteiger partial charge in [0.2, 0.25) is 0 Å². The fourth-order valence-corrected chi connectivity index (χ4v) is 1.22. The second-order valence-corrected chi connectivity index (χ2v) is 3.44. The predicted octanol–water partition coefficient (Wildman–Crippen LogP) is 2.68. The fourth-order valence-electron chi connectivity index (χ4n) is 1.22. The Kier molecular flexibility index (Phi) is 6.41. The highest BCUT2D eigenvalue weighted by molar-refractivity contribution is 5.79. The van der Waals surface area contributed by atoms with Crippen LogP contribution in [0.3, 0.4) is 0 Å². The second-order valence-electron chi connectivity index (χ2n) is 3.44. The molecule has 0 aliphatic carbocycles. The van der Waals surface area contributed by atoms with E-state index in [2.05, 4.69) is 0 Å². The van der Waals surface area contributed by atoms with Crippen LogP contribution in [-0.2, 0) is 4.79 Å². The first-order valence-electron chi connectivity index (χ1n) is 5.13. The first-order chi connectivity index (χ1) is 6.54. The fraction of sp³-hybridized carbons (Fsp3) is 0.900. The van der Waals surface area contributed by atoms with Gasteiger partial charge in [-0.3, -0.25) is 4.79 Å². The number of nitrogens with zero attached hydrogens (tertiary/aromatic N) is 1. The second kappa shape index (κ2) is 6.74. The van der Waals surface area contributed by atoms with E-state index in [-0.39, 0.29) is 6.04 Å². The minimum atomic E-state index is -2.87. The maximum atomic E-state index is 12.2. The van der Waals surface area contributed by atoms with Gasteiger partial charge in [0.1, 0.15) is 0 Å². The SMILES string of the molecule is CCCCN(C(=O)C(F)F)C(C)CC. The molecular formula is C10H19F2NO. The summed E-state index contributed by atoms with van der Waals surface area (Å²) in [5.74, 6) is -1.03. The third-order valence-corrected chi connectivity index (χ3v) is 2.35. The van der Waals surface area contributed by atoms with E-state index in [0.29, 0.717) is 13.0 Å². The molecule has 0 saturated carbocycles. The molecule has 0 saturated heterocycles. The van der Waals surface area contributed by atoms with Gasteiger partial charge in [0.05, 0.1) is 0 Å². The van der Waals surface area contributed by atoms with Crippen LogP contribution in [0.5, 0.6) is 0 Å². The summed E-state index contributed by atoms with van der Waals surface area (Å²) in [6, 6.07) is -0.0944. The van der Waals surface area contributed by atoms with Crippen molar-refractivity contribution in [2.75, 3.05) is 6.54 Å². The van der Waals surface area contributed by atoms with Crippen molar-refractivity contribution in [3.63, 3.8) is 0 Å². The first kappa shape index (κ1) is 13.3. The zero-order chi connectivity index (χ0) is 11.1. The lowest BCUT2D eigenvalue weighted by Crippen LogP contribution is -2.42. The molecule has 0 radical (unpaired) electrons. The van der Waals surface area contributed by atoms with Gasteiger partial charge < -0.3 is 4.90 Å². The van der Waals surface area contributed by atoms with Crippen LogP contribution >= 0.6 is 0 Å². The van der Waals surface area contributed by atoms with Crippen LogP contribution in [0.1, 0.15) is 40.0 Å². The Morgan fingerprint density at radius 3 is 2.29 bits per heavy atom. The van der Waals surface area contributed by atoms with Gasteiger partial charge in [-0.2, -0.15) is 8.78 Å². The third kappa shape index (κ3) is 4.03. The normalized spacial score (nSPS) is 13.0. The minimum absolute atomic E-state index is 0.0944. The van der Waals surface area contributed by atoms with Crippen molar-refractivity contribution in [1.29, 1.82) is 0 Å². The zero-order valence-electron chi connectivity index (χ0n) is 9.09. The molecule has 0 heterocycles. The average Bonchev–Trinajstić information content (AvgIpc) is 2.17. The Morgan fingerprint density at radius 1 is 1.36 bits per heavy atom. The van der Waals surface area contributed by atoms with Crippen molar-refractivity contribution in [2.24, 2.45) is 0 Å². The molecule has 0 rings (SSSR count). The molecule has 2 nitrogen and oxygen atoms in total. The summed E-state index contributed by atoms with van der Waals surface area (Å²) < 4.78 is 24.4. The van der Waals surface area contributed by atoms with E-state index in [0.717, 1.165) is 12.8 Å². The molecule has 0 N–H and O–H groups in total. The van der Waals surface area contributed by atoms with Crippen LogP contribution in [0.2, 0.25) is 0 Å². The van der Waals surface area contributed by atoms with Crippen molar-refractivity contribution >= 4 is 5.91 Å². The molecule has 14 heavy (non-hydrogen) atoms. The third-order valence-electron chi connectivity index (χ3n) is 2.35. The number of rotatable bonds is 6. The summed E-state index contributed by atoms with van der Waals surface area (Å²) in [7, 11) is 0. The van der Waals surface area contributed by atoms with E-state index in [1.807, 2.05) is 13.8 Å². The molecule has 1 amide bonds. The van der Waals surface area contributed by atoms with Gasteiger partial charge in [-0.1, -0.05) is 20.3 Å². The number of carbonyl (C=O) groups is 1. The van der Waals surface area contributed by atoms with E-state index in [1.165, 1.54) is 4.90 Å². The number of carbonyl (C=O) groups excluding carboxylic acids is 1. The average molecular weight is 207 g/mol. The maximum Gasteiger partial charge on any atom is 0.315 e. The van der Waals surface area contributed by atoms with E-state index in [4.69, 9.17) is 0 Å². The van der Waals surface area contributed by atoms with Gasteiger partial charge in [-0.25, -0.2) is 0 Å². The zero-order valence-corrected chi connectivity index (χ0v) is 9.09. The number of halogens is 2. The van der Waals surface area contributed by atoms with Crippen LogP contribution in [0.4, 0.5) is 8.78 Å². The van der Waals surface area contributed by atoms with E-state index in [1.54, 1.807) is 6.92 Å². The Labute approximate surface area is 84.3 Å². The molecule has 0 aromatic carbocycles. The Bertz CT molecular complexity index is 174. The van der Waals surface area contributed by atoms with Crippen LogP contribution in [0.15, 0.2) is 0 Å². The summed E-state index contributed by atoms with van der Waals surface area (Å²) >= 11 is 0. The molecule has 0 aromatic rings. The summed E-state index contributed by atoms with van der Waals surface area (Å²) in [5, 5.41) is 0. The van der Waals surface area contributed by atoms with Gasteiger partial charge in [0.25, 0.3) is 5.91 Å². The monoisotopic (exact) mass is 207 g/mol. The van der Waals surface area contributed by atoms with Crippen LogP contribution in [-0.4, -0.2) is 29.8 Å². The van der Waals surface area contributed by atoms with Crippen LogP contribution in [0.25, 0.3) is 0 Å². The standard InChI is InChI=1S/C10H19F2NO/c1-4-6-7-13(8(3)5-2)10(14)9(11)12/h8-9H,4-7H2,1-3H3. The smallest absolute Gasteiger partial charge is 0.315 e. The van der Waals surface area contributed by atoms with Crippen LogP contribution in [0, 0.1) is 0 Å². The lowest BCUT2D eigenvalue weighted by molar-refractivity contribution is -0.145. The lowest BCUT2D eigenvalue weighted by Gasteiger charge is -2.28. The van der Waals surface area contributed by atoms with Gasteiger partial charge in [-0.05, 0) is 19.8 Å². The molecule has 0 fully saturated rings. The van der Waals surface area contributed by atoms with Crippen molar-refractivity contribution in [3.8, 4) is 0 Å². The molecule has 0 aliphatic heterocycles. The molecule has 0 bridgehead atoms. The van der Waals surface area contributed by atoms with Crippen molar-refractivity contribution in [1.82, 2.24) is 4.90 Å². The first-order valence-corrected chi connectivity index (χ1v) is 5.13. The van der Waals surface area contributed by atoms with E-state index in [9.17, 15) is 13.6 Å². The minimum Gasteiger partial charge on any atom is -0.335 e. The number of amides is 1. The predicted molar refractivity (Wildman–Crippen MR) is 52.4 cm³/mol. The number of alkyl halides is 2. The van der Waals surface area contributed by atoms with Gasteiger partial charge in [0, 0.05) is 12.6 Å². The van der Waals surface area contributed by atoms with Gasteiger partial charge >= 0.3 is 6.43 Å². The largest absolute Gasteiger partial charge is 0.335 e. The summed E-state index contributed by atoms with van der Waals surface area (Å²) in [6.45, 7) is 6.11. The quantitative estimate of drug-likeness (QED) is 0.655. The number of hydrogen-bond acceptors (Lipinski definition) is 1. The van der Waals surface area contributed by atoms with Crippen molar-refractivity contribution in [2.45, 2.75) is 52.5 Å². The van der Waals surface area contributed by atoms with Gasteiger partial charge in [-0.15, -0.1) is 0 Å². The highest BCUT2D eigenvalue weighted by atomic mass is 19.3. The molecule has 0 aliphatic rings.